The lowest BCUT2D eigenvalue weighted by molar-refractivity contribution is 0.0774. The van der Waals surface area contributed by atoms with E-state index in [1.807, 2.05) is 20.9 Å². The lowest BCUT2D eigenvalue weighted by atomic mass is 10.2. The molecular weight excluding hydrogens is 204 g/mol. The zero-order valence-electron chi connectivity index (χ0n) is 10.0. The van der Waals surface area contributed by atoms with Gasteiger partial charge in [-0.1, -0.05) is 0 Å². The molecule has 16 heavy (non-hydrogen) atoms. The molecular formula is C11H18N4O. The molecule has 0 radical (unpaired) electrons. The zero-order chi connectivity index (χ0) is 11.9. The van der Waals surface area contributed by atoms with Crippen LogP contribution in [0.3, 0.4) is 0 Å². The summed E-state index contributed by atoms with van der Waals surface area (Å²) in [7, 11) is 1.84. The molecule has 0 bridgehead atoms. The quantitative estimate of drug-likeness (QED) is 0.830. The summed E-state index contributed by atoms with van der Waals surface area (Å²) in [6.07, 6.45) is 2.20. The van der Waals surface area contributed by atoms with E-state index < -0.39 is 0 Å². The Balaban J connectivity index is 2.34. The molecule has 0 atom stereocenters. The summed E-state index contributed by atoms with van der Waals surface area (Å²) >= 11 is 0. The number of aryl methyl sites for hydroxylation is 2. The van der Waals surface area contributed by atoms with E-state index in [1.165, 1.54) is 0 Å². The number of amides is 1. The fourth-order valence-electron chi connectivity index (χ4n) is 1.84. The molecule has 5 nitrogen and oxygen atoms in total. The van der Waals surface area contributed by atoms with Crippen LogP contribution < -0.4 is 5.73 Å². The third-order valence-corrected chi connectivity index (χ3v) is 3.09. The summed E-state index contributed by atoms with van der Waals surface area (Å²) in [5.74, 6) is -0.0116. The second-order valence-corrected chi connectivity index (χ2v) is 4.31. The zero-order valence-corrected chi connectivity index (χ0v) is 10.0. The highest BCUT2D eigenvalue weighted by atomic mass is 16.2. The largest absolute Gasteiger partial charge is 0.395 e. The van der Waals surface area contributed by atoms with Crippen LogP contribution in [0.4, 0.5) is 5.69 Å². The molecule has 0 spiro atoms. The van der Waals surface area contributed by atoms with Gasteiger partial charge < -0.3 is 10.6 Å². The van der Waals surface area contributed by atoms with E-state index >= 15 is 0 Å². The van der Waals surface area contributed by atoms with Crippen molar-refractivity contribution in [1.82, 2.24) is 14.7 Å². The van der Waals surface area contributed by atoms with Crippen LogP contribution in [0.2, 0.25) is 0 Å². The number of nitrogens with two attached hydrogens (primary N) is 1. The van der Waals surface area contributed by atoms with Crippen molar-refractivity contribution in [1.29, 1.82) is 0 Å². The normalized spacial score (nSPS) is 15.2. The van der Waals surface area contributed by atoms with Crippen molar-refractivity contribution in [2.24, 2.45) is 0 Å². The fourth-order valence-corrected chi connectivity index (χ4v) is 1.84. The third-order valence-electron chi connectivity index (χ3n) is 3.09. The predicted octanol–water partition coefficient (Wildman–Crippen LogP) is 1.03. The van der Waals surface area contributed by atoms with Crippen molar-refractivity contribution < 1.29 is 4.79 Å². The van der Waals surface area contributed by atoms with Crippen molar-refractivity contribution in [3.05, 3.63) is 11.4 Å². The standard InChI is InChI=1S/C11H18N4O/c1-4-15-10(9(12)7(2)13-15)11(16)14(3)8-5-6-8/h8H,4-6,12H2,1-3H3. The van der Waals surface area contributed by atoms with Gasteiger partial charge in [-0.2, -0.15) is 5.10 Å². The number of carbonyl (C=O) groups is 1. The molecule has 0 aliphatic heterocycles. The Morgan fingerprint density at radius 3 is 2.75 bits per heavy atom. The van der Waals surface area contributed by atoms with Crippen molar-refractivity contribution in [3.63, 3.8) is 0 Å². The molecule has 1 aliphatic rings. The van der Waals surface area contributed by atoms with Gasteiger partial charge in [-0.15, -0.1) is 0 Å². The maximum Gasteiger partial charge on any atom is 0.274 e. The minimum absolute atomic E-state index is 0.0116. The molecule has 1 aromatic rings. The van der Waals surface area contributed by atoms with Gasteiger partial charge in [-0.3, -0.25) is 9.48 Å². The van der Waals surface area contributed by atoms with E-state index in [9.17, 15) is 4.79 Å². The highest BCUT2D eigenvalue weighted by Gasteiger charge is 2.32. The van der Waals surface area contributed by atoms with Gasteiger partial charge in [0.1, 0.15) is 5.69 Å². The summed E-state index contributed by atoms with van der Waals surface area (Å²) < 4.78 is 1.69. The summed E-state index contributed by atoms with van der Waals surface area (Å²) in [5, 5.41) is 4.26. The summed E-state index contributed by atoms with van der Waals surface area (Å²) in [4.78, 5) is 14.0. The molecule has 5 heteroatoms. The Morgan fingerprint density at radius 2 is 2.25 bits per heavy atom. The molecule has 1 heterocycles. The van der Waals surface area contributed by atoms with Crippen LogP contribution in [-0.2, 0) is 6.54 Å². The second kappa shape index (κ2) is 3.81. The number of nitrogens with zero attached hydrogens (tertiary/aromatic N) is 3. The van der Waals surface area contributed by atoms with Gasteiger partial charge in [0, 0.05) is 19.6 Å². The number of nitrogen functional groups attached to an aromatic ring is 1. The van der Waals surface area contributed by atoms with Crippen LogP contribution in [0.25, 0.3) is 0 Å². The number of rotatable bonds is 3. The first kappa shape index (κ1) is 11.0. The molecule has 88 valence electrons. The monoisotopic (exact) mass is 222 g/mol. The van der Waals surface area contributed by atoms with E-state index in [0.717, 1.165) is 18.5 Å². The molecule has 0 aromatic carbocycles. The summed E-state index contributed by atoms with van der Waals surface area (Å²) in [5.41, 5.74) is 7.69. The molecule has 0 unspecified atom stereocenters. The molecule has 1 fully saturated rings. The van der Waals surface area contributed by atoms with Gasteiger partial charge in [0.05, 0.1) is 11.4 Å². The Bertz CT molecular complexity index is 420. The van der Waals surface area contributed by atoms with Crippen LogP contribution in [0.1, 0.15) is 35.9 Å². The SMILES string of the molecule is CCn1nc(C)c(N)c1C(=O)N(C)C1CC1. The van der Waals surface area contributed by atoms with Crippen LogP contribution in [0.5, 0.6) is 0 Å². The van der Waals surface area contributed by atoms with Gasteiger partial charge in [-0.25, -0.2) is 0 Å². The molecule has 2 N–H and O–H groups in total. The van der Waals surface area contributed by atoms with E-state index in [4.69, 9.17) is 5.73 Å². The molecule has 1 saturated carbocycles. The van der Waals surface area contributed by atoms with Crippen LogP contribution in [0, 0.1) is 6.92 Å². The lowest BCUT2D eigenvalue weighted by Gasteiger charge is -2.17. The Labute approximate surface area is 95.2 Å². The van der Waals surface area contributed by atoms with Crippen molar-refractivity contribution in [2.45, 2.75) is 39.3 Å². The Morgan fingerprint density at radius 1 is 1.62 bits per heavy atom. The van der Waals surface area contributed by atoms with Gasteiger partial charge >= 0.3 is 0 Å². The summed E-state index contributed by atoms with van der Waals surface area (Å²) in [6, 6.07) is 0.396. The first-order chi connectivity index (χ1) is 7.56. The van der Waals surface area contributed by atoms with E-state index in [0.29, 0.717) is 24.0 Å². The molecule has 0 saturated heterocycles. The molecule has 2 rings (SSSR count). The minimum Gasteiger partial charge on any atom is -0.395 e. The number of anilines is 1. The van der Waals surface area contributed by atoms with Crippen LogP contribution in [-0.4, -0.2) is 33.7 Å². The highest BCUT2D eigenvalue weighted by molar-refractivity contribution is 5.98. The number of hydrogen-bond donors (Lipinski definition) is 1. The van der Waals surface area contributed by atoms with Crippen molar-refractivity contribution in [2.75, 3.05) is 12.8 Å². The van der Waals surface area contributed by atoms with Crippen LogP contribution in [0.15, 0.2) is 0 Å². The van der Waals surface area contributed by atoms with Gasteiger partial charge in [0.15, 0.2) is 0 Å². The van der Waals surface area contributed by atoms with Crippen LogP contribution >= 0.6 is 0 Å². The number of aromatic nitrogens is 2. The molecule has 1 amide bonds. The lowest BCUT2D eigenvalue weighted by Crippen LogP contribution is -2.31. The Kier molecular flexibility index (Phi) is 2.61. The van der Waals surface area contributed by atoms with Gasteiger partial charge in [0.25, 0.3) is 5.91 Å². The van der Waals surface area contributed by atoms with Gasteiger partial charge in [-0.05, 0) is 26.7 Å². The average Bonchev–Trinajstić information content (AvgIpc) is 3.06. The predicted molar refractivity (Wildman–Crippen MR) is 62.2 cm³/mol. The highest BCUT2D eigenvalue weighted by Crippen LogP contribution is 2.28. The van der Waals surface area contributed by atoms with Crippen molar-refractivity contribution in [3.8, 4) is 0 Å². The first-order valence-electron chi connectivity index (χ1n) is 5.66. The topological polar surface area (TPSA) is 64.2 Å². The van der Waals surface area contributed by atoms with E-state index in [1.54, 1.807) is 9.58 Å². The number of carbonyl (C=O) groups excluding carboxylic acids is 1. The maximum absolute atomic E-state index is 12.2. The molecule has 1 aromatic heterocycles. The van der Waals surface area contributed by atoms with E-state index in [2.05, 4.69) is 5.10 Å². The second-order valence-electron chi connectivity index (χ2n) is 4.31. The maximum atomic E-state index is 12.2. The fraction of sp³-hybridized carbons (Fsp3) is 0.636. The third kappa shape index (κ3) is 1.66. The number of hydrogen-bond acceptors (Lipinski definition) is 3. The molecule has 1 aliphatic carbocycles. The average molecular weight is 222 g/mol. The minimum atomic E-state index is -0.0116. The first-order valence-corrected chi connectivity index (χ1v) is 5.66. The van der Waals surface area contributed by atoms with Crippen molar-refractivity contribution >= 4 is 11.6 Å². The van der Waals surface area contributed by atoms with E-state index in [-0.39, 0.29) is 5.91 Å². The Hall–Kier alpha value is -1.52. The summed E-state index contributed by atoms with van der Waals surface area (Å²) in [6.45, 7) is 4.45. The van der Waals surface area contributed by atoms with Gasteiger partial charge in [0.2, 0.25) is 0 Å². The smallest absolute Gasteiger partial charge is 0.274 e.